The summed E-state index contributed by atoms with van der Waals surface area (Å²) < 4.78 is 5.96. The molecule has 0 unspecified atom stereocenters. The molecule has 1 aromatic carbocycles. The van der Waals surface area contributed by atoms with E-state index in [0.717, 1.165) is 6.61 Å². The largest absolute Gasteiger partial charge is 0.503 e. The van der Waals surface area contributed by atoms with Gasteiger partial charge in [0, 0.05) is 0 Å². The minimum atomic E-state index is -1.60. The second-order valence-electron chi connectivity index (χ2n) is 6.23. The van der Waals surface area contributed by atoms with E-state index in [2.05, 4.69) is 71.1 Å². The van der Waals surface area contributed by atoms with Crippen molar-refractivity contribution in [2.45, 2.75) is 45.8 Å². The van der Waals surface area contributed by atoms with Crippen molar-refractivity contribution < 1.29 is 4.74 Å². The van der Waals surface area contributed by atoms with Crippen LogP contribution < -0.4 is 0 Å². The van der Waals surface area contributed by atoms with Crippen LogP contribution in [0.4, 0.5) is 0 Å². The van der Waals surface area contributed by atoms with Gasteiger partial charge in [-0.05, 0) is 23.6 Å². The standard InChI is InChI=1S/C16H26OSi/c1-7-17-15(18(5,6)16(2,3)4)13-14-11-9-8-10-12-14/h8-13H,7H2,1-6H3/b15-13-. The fourth-order valence-electron chi connectivity index (χ4n) is 1.63. The van der Waals surface area contributed by atoms with Crippen molar-refractivity contribution in [3.05, 3.63) is 41.3 Å². The van der Waals surface area contributed by atoms with E-state index >= 15 is 0 Å². The van der Waals surface area contributed by atoms with Crippen LogP contribution in [0.1, 0.15) is 33.3 Å². The van der Waals surface area contributed by atoms with Gasteiger partial charge in [0.2, 0.25) is 0 Å². The van der Waals surface area contributed by atoms with Gasteiger partial charge < -0.3 is 4.74 Å². The van der Waals surface area contributed by atoms with Crippen LogP contribution in [0.5, 0.6) is 0 Å². The maximum atomic E-state index is 5.96. The molecular weight excluding hydrogens is 236 g/mol. The summed E-state index contributed by atoms with van der Waals surface area (Å²) in [4.78, 5) is 0. The zero-order valence-corrected chi connectivity index (χ0v) is 13.6. The summed E-state index contributed by atoms with van der Waals surface area (Å²) in [6.45, 7) is 14.5. The van der Waals surface area contributed by atoms with E-state index in [1.807, 2.05) is 6.07 Å². The summed E-state index contributed by atoms with van der Waals surface area (Å²) in [5.74, 6) is 0. The predicted molar refractivity (Wildman–Crippen MR) is 83.2 cm³/mol. The third-order valence-corrected chi connectivity index (χ3v) is 9.16. The minimum Gasteiger partial charge on any atom is -0.503 e. The fourth-order valence-corrected chi connectivity index (χ4v) is 3.40. The Kier molecular flexibility index (Phi) is 4.80. The molecule has 0 aliphatic heterocycles. The van der Waals surface area contributed by atoms with Crippen molar-refractivity contribution in [1.82, 2.24) is 0 Å². The van der Waals surface area contributed by atoms with E-state index in [1.165, 1.54) is 10.9 Å². The van der Waals surface area contributed by atoms with Crippen LogP contribution in [0.2, 0.25) is 18.1 Å². The number of benzene rings is 1. The topological polar surface area (TPSA) is 9.23 Å². The Morgan fingerprint density at radius 3 is 2.17 bits per heavy atom. The molecule has 0 saturated heterocycles. The van der Waals surface area contributed by atoms with E-state index in [9.17, 15) is 0 Å². The second kappa shape index (κ2) is 5.74. The van der Waals surface area contributed by atoms with Crippen LogP contribution in [0.15, 0.2) is 35.7 Å². The molecule has 0 spiro atoms. The molecule has 0 aliphatic carbocycles. The van der Waals surface area contributed by atoms with Gasteiger partial charge in [-0.15, -0.1) is 0 Å². The molecule has 2 heteroatoms. The number of hydrogen-bond donors (Lipinski definition) is 0. The summed E-state index contributed by atoms with van der Waals surface area (Å²) in [5.41, 5.74) is 1.23. The first-order chi connectivity index (χ1) is 8.29. The van der Waals surface area contributed by atoms with Crippen LogP contribution in [0.25, 0.3) is 6.08 Å². The van der Waals surface area contributed by atoms with Crippen LogP contribution >= 0.6 is 0 Å². The fraction of sp³-hybridized carbons (Fsp3) is 0.500. The van der Waals surface area contributed by atoms with Crippen molar-refractivity contribution in [3.63, 3.8) is 0 Å². The summed E-state index contributed by atoms with van der Waals surface area (Å²) in [6, 6.07) is 10.4. The molecule has 0 heterocycles. The number of ether oxygens (including phenoxy) is 1. The minimum absolute atomic E-state index is 0.294. The van der Waals surface area contributed by atoms with Crippen LogP contribution in [0.3, 0.4) is 0 Å². The molecule has 0 bridgehead atoms. The Labute approximate surface area is 113 Å². The molecule has 18 heavy (non-hydrogen) atoms. The summed E-state index contributed by atoms with van der Waals surface area (Å²) in [7, 11) is -1.60. The van der Waals surface area contributed by atoms with Crippen molar-refractivity contribution in [2.24, 2.45) is 0 Å². The summed E-state index contributed by atoms with van der Waals surface area (Å²) >= 11 is 0. The van der Waals surface area contributed by atoms with Gasteiger partial charge in [-0.25, -0.2) is 0 Å². The number of rotatable bonds is 4. The van der Waals surface area contributed by atoms with Gasteiger partial charge in [0.15, 0.2) is 0 Å². The molecule has 0 fully saturated rings. The molecule has 0 amide bonds. The van der Waals surface area contributed by atoms with E-state index in [1.54, 1.807) is 0 Å². The highest BCUT2D eigenvalue weighted by Gasteiger charge is 2.40. The lowest BCUT2D eigenvalue weighted by atomic mass is 10.2. The predicted octanol–water partition coefficient (Wildman–Crippen LogP) is 5.11. The van der Waals surface area contributed by atoms with Crippen LogP contribution in [-0.4, -0.2) is 14.7 Å². The van der Waals surface area contributed by atoms with E-state index in [-0.39, 0.29) is 0 Å². The third-order valence-electron chi connectivity index (χ3n) is 3.89. The Hall–Kier alpha value is -1.02. The summed E-state index contributed by atoms with van der Waals surface area (Å²) in [5, 5.41) is 1.49. The lowest BCUT2D eigenvalue weighted by molar-refractivity contribution is 0.251. The normalized spacial score (nSPS) is 13.6. The SMILES string of the molecule is CCO/C(=C/c1ccccc1)[Si](C)(C)C(C)(C)C. The molecule has 1 rings (SSSR count). The first kappa shape index (κ1) is 15.0. The first-order valence-electron chi connectivity index (χ1n) is 6.69. The molecule has 0 radical (unpaired) electrons. The summed E-state index contributed by atoms with van der Waals surface area (Å²) in [6.07, 6.45) is 2.22. The molecule has 0 saturated carbocycles. The van der Waals surface area contributed by atoms with Gasteiger partial charge in [0.1, 0.15) is 8.07 Å². The molecular formula is C16H26OSi. The average Bonchev–Trinajstić information content (AvgIpc) is 2.28. The van der Waals surface area contributed by atoms with Gasteiger partial charge in [0.05, 0.1) is 12.0 Å². The molecule has 1 aromatic rings. The van der Waals surface area contributed by atoms with Crippen molar-refractivity contribution in [2.75, 3.05) is 6.61 Å². The smallest absolute Gasteiger partial charge is 0.130 e. The quantitative estimate of drug-likeness (QED) is 0.541. The van der Waals surface area contributed by atoms with Gasteiger partial charge in [0.25, 0.3) is 0 Å². The van der Waals surface area contributed by atoms with E-state index in [0.29, 0.717) is 5.04 Å². The Morgan fingerprint density at radius 1 is 1.17 bits per heavy atom. The maximum Gasteiger partial charge on any atom is 0.130 e. The zero-order chi connectivity index (χ0) is 13.8. The Morgan fingerprint density at radius 2 is 1.72 bits per heavy atom. The van der Waals surface area contributed by atoms with Crippen LogP contribution in [0, 0.1) is 0 Å². The van der Waals surface area contributed by atoms with Crippen molar-refractivity contribution >= 4 is 14.1 Å². The van der Waals surface area contributed by atoms with Crippen LogP contribution in [-0.2, 0) is 4.74 Å². The first-order valence-corrected chi connectivity index (χ1v) is 9.69. The lowest BCUT2D eigenvalue weighted by Crippen LogP contribution is -2.40. The maximum absolute atomic E-state index is 5.96. The van der Waals surface area contributed by atoms with Crippen molar-refractivity contribution in [1.29, 1.82) is 0 Å². The average molecular weight is 262 g/mol. The Balaban J connectivity index is 3.15. The van der Waals surface area contributed by atoms with Gasteiger partial charge in [-0.3, -0.25) is 0 Å². The highest BCUT2D eigenvalue weighted by molar-refractivity contribution is 6.86. The van der Waals surface area contributed by atoms with E-state index < -0.39 is 8.07 Å². The third kappa shape index (κ3) is 3.48. The molecule has 0 N–H and O–H groups in total. The lowest BCUT2D eigenvalue weighted by Gasteiger charge is -2.38. The highest BCUT2D eigenvalue weighted by atomic mass is 28.3. The van der Waals surface area contributed by atoms with Gasteiger partial charge in [-0.2, -0.15) is 0 Å². The number of hydrogen-bond acceptors (Lipinski definition) is 1. The zero-order valence-electron chi connectivity index (χ0n) is 12.6. The van der Waals surface area contributed by atoms with Gasteiger partial charge >= 0.3 is 0 Å². The second-order valence-corrected chi connectivity index (χ2v) is 11.5. The highest BCUT2D eigenvalue weighted by Crippen LogP contribution is 2.41. The Bertz CT molecular complexity index is 399. The van der Waals surface area contributed by atoms with E-state index in [4.69, 9.17) is 4.74 Å². The van der Waals surface area contributed by atoms with Gasteiger partial charge in [-0.1, -0.05) is 64.2 Å². The van der Waals surface area contributed by atoms with Crippen molar-refractivity contribution in [3.8, 4) is 0 Å². The molecule has 0 aromatic heterocycles. The molecule has 1 nitrogen and oxygen atoms in total. The molecule has 0 aliphatic rings. The molecule has 100 valence electrons. The molecule has 0 atom stereocenters. The monoisotopic (exact) mass is 262 g/mol.